The highest BCUT2D eigenvalue weighted by molar-refractivity contribution is 6.09. The van der Waals surface area contributed by atoms with Crippen LogP contribution >= 0.6 is 0 Å². The Morgan fingerprint density at radius 2 is 1.41 bits per heavy atom. The lowest BCUT2D eigenvalue weighted by molar-refractivity contribution is -0.142. The van der Waals surface area contributed by atoms with E-state index in [4.69, 9.17) is 4.74 Å². The maximum atomic E-state index is 13.1. The monoisotopic (exact) mass is 457 g/mol. The first-order chi connectivity index (χ1) is 16.5. The third-order valence-corrected chi connectivity index (χ3v) is 5.80. The lowest BCUT2D eigenvalue weighted by Crippen LogP contribution is -2.40. The zero-order chi connectivity index (χ0) is 23.9. The predicted octanol–water partition coefficient (Wildman–Crippen LogP) is 4.91. The summed E-state index contributed by atoms with van der Waals surface area (Å²) in [6.07, 6.45) is 4.41. The molecule has 3 aromatic carbocycles. The molecule has 1 fully saturated rings. The number of nitrogens with zero attached hydrogens (tertiary/aromatic N) is 1. The van der Waals surface area contributed by atoms with Crippen LogP contribution in [0.25, 0.3) is 6.08 Å². The number of carbonyl (C=O) groups is 3. The van der Waals surface area contributed by atoms with Crippen LogP contribution in [0.2, 0.25) is 0 Å². The Balaban J connectivity index is 1.27. The van der Waals surface area contributed by atoms with Gasteiger partial charge in [-0.15, -0.1) is 0 Å². The molecule has 0 bridgehead atoms. The van der Waals surface area contributed by atoms with Crippen molar-refractivity contribution in [3.05, 3.63) is 107 Å². The average molecular weight is 458 g/mol. The van der Waals surface area contributed by atoms with Crippen LogP contribution in [0, 0.1) is 11.7 Å². The summed E-state index contributed by atoms with van der Waals surface area (Å²) in [5, 5.41) is 0. The number of likely N-dealkylation sites (tertiary alicyclic amines) is 1. The predicted molar refractivity (Wildman–Crippen MR) is 127 cm³/mol. The van der Waals surface area contributed by atoms with Crippen LogP contribution in [0.15, 0.2) is 84.9 Å². The zero-order valence-electron chi connectivity index (χ0n) is 18.5. The molecule has 0 unspecified atom stereocenters. The summed E-state index contributed by atoms with van der Waals surface area (Å²) < 4.78 is 18.6. The minimum atomic E-state index is -0.405. The van der Waals surface area contributed by atoms with Crippen molar-refractivity contribution < 1.29 is 23.5 Å². The van der Waals surface area contributed by atoms with E-state index in [2.05, 4.69) is 0 Å². The summed E-state index contributed by atoms with van der Waals surface area (Å²) in [4.78, 5) is 39.2. The molecular formula is C28H24FNO4. The van der Waals surface area contributed by atoms with E-state index in [0.717, 1.165) is 5.56 Å². The standard InChI is InChI=1S/C28H24FNO4/c29-24-11-7-21(8-12-24)27(32)22-9-13-25(14-10-22)34-28(33)23-16-18-30(19-17-23)26(31)15-6-20-4-2-1-3-5-20/h1-15,23H,16-19H2/b15-6+. The molecule has 0 radical (unpaired) electrons. The summed E-state index contributed by atoms with van der Waals surface area (Å²) in [6.45, 7) is 0.978. The number of carbonyl (C=O) groups excluding carboxylic acids is 3. The number of esters is 1. The van der Waals surface area contributed by atoms with E-state index in [1.165, 1.54) is 24.3 Å². The third-order valence-electron chi connectivity index (χ3n) is 5.80. The number of ether oxygens (including phenoxy) is 1. The Morgan fingerprint density at radius 3 is 2.03 bits per heavy atom. The van der Waals surface area contributed by atoms with Gasteiger partial charge in [-0.2, -0.15) is 0 Å². The first-order valence-electron chi connectivity index (χ1n) is 11.1. The molecule has 1 aliphatic heterocycles. The molecule has 0 aromatic heterocycles. The molecule has 5 nitrogen and oxygen atoms in total. The van der Waals surface area contributed by atoms with E-state index in [1.54, 1.807) is 41.3 Å². The van der Waals surface area contributed by atoms with Gasteiger partial charge in [0.15, 0.2) is 5.78 Å². The molecule has 0 aliphatic carbocycles. The van der Waals surface area contributed by atoms with Crippen LogP contribution < -0.4 is 4.74 Å². The maximum Gasteiger partial charge on any atom is 0.314 e. The number of benzene rings is 3. The molecule has 0 saturated carbocycles. The molecular weight excluding hydrogens is 433 g/mol. The van der Waals surface area contributed by atoms with E-state index in [0.29, 0.717) is 42.8 Å². The van der Waals surface area contributed by atoms with E-state index >= 15 is 0 Å². The summed E-state index contributed by atoms with van der Waals surface area (Å²) in [7, 11) is 0. The summed E-state index contributed by atoms with van der Waals surface area (Å²) in [6, 6.07) is 21.2. The van der Waals surface area contributed by atoms with Crippen molar-refractivity contribution in [3.8, 4) is 5.75 Å². The van der Waals surface area contributed by atoms with Gasteiger partial charge in [-0.1, -0.05) is 30.3 Å². The Kier molecular flexibility index (Phi) is 7.28. The van der Waals surface area contributed by atoms with Gasteiger partial charge >= 0.3 is 5.97 Å². The number of ketones is 1. The van der Waals surface area contributed by atoms with Gasteiger partial charge in [0, 0.05) is 30.3 Å². The van der Waals surface area contributed by atoms with Gasteiger partial charge < -0.3 is 9.64 Å². The van der Waals surface area contributed by atoms with Gasteiger partial charge in [0.2, 0.25) is 5.91 Å². The molecule has 34 heavy (non-hydrogen) atoms. The van der Waals surface area contributed by atoms with Gasteiger partial charge in [-0.05, 0) is 73.0 Å². The Hall–Kier alpha value is -4.06. The first-order valence-corrected chi connectivity index (χ1v) is 11.1. The van der Waals surface area contributed by atoms with E-state index in [-0.39, 0.29) is 23.6 Å². The minimum Gasteiger partial charge on any atom is -0.426 e. The average Bonchev–Trinajstić information content (AvgIpc) is 2.88. The first kappa shape index (κ1) is 23.1. The molecule has 1 amide bonds. The second-order valence-corrected chi connectivity index (χ2v) is 8.13. The summed E-state index contributed by atoms with van der Waals surface area (Å²) in [5.74, 6) is -0.997. The molecule has 172 valence electrons. The van der Waals surface area contributed by atoms with Gasteiger partial charge in [0.05, 0.1) is 5.92 Å². The number of amides is 1. The molecule has 1 heterocycles. The molecule has 1 aliphatic rings. The van der Waals surface area contributed by atoms with Crippen molar-refractivity contribution in [2.24, 2.45) is 5.92 Å². The molecule has 0 spiro atoms. The molecule has 6 heteroatoms. The molecule has 0 N–H and O–H groups in total. The quantitative estimate of drug-likeness (QED) is 0.228. The molecule has 4 rings (SSSR count). The van der Waals surface area contributed by atoms with Crippen LogP contribution in [-0.4, -0.2) is 35.6 Å². The second-order valence-electron chi connectivity index (χ2n) is 8.13. The van der Waals surface area contributed by atoms with Crippen LogP contribution in [0.1, 0.15) is 34.3 Å². The maximum absolute atomic E-state index is 13.1. The molecule has 1 saturated heterocycles. The van der Waals surface area contributed by atoms with Crippen molar-refractivity contribution in [1.82, 2.24) is 4.90 Å². The number of hydrogen-bond acceptors (Lipinski definition) is 4. The van der Waals surface area contributed by atoms with Crippen LogP contribution in [-0.2, 0) is 9.59 Å². The van der Waals surface area contributed by atoms with Crippen LogP contribution in [0.5, 0.6) is 5.75 Å². The summed E-state index contributed by atoms with van der Waals surface area (Å²) >= 11 is 0. The van der Waals surface area contributed by atoms with Crippen molar-refractivity contribution >= 4 is 23.7 Å². The van der Waals surface area contributed by atoms with Crippen molar-refractivity contribution in [2.75, 3.05) is 13.1 Å². The highest BCUT2D eigenvalue weighted by Crippen LogP contribution is 2.22. The topological polar surface area (TPSA) is 63.7 Å². The fraction of sp³-hybridized carbons (Fsp3) is 0.179. The Bertz CT molecular complexity index is 1180. The Labute approximate surface area is 197 Å². The number of rotatable bonds is 6. The highest BCUT2D eigenvalue weighted by Gasteiger charge is 2.28. The van der Waals surface area contributed by atoms with Crippen molar-refractivity contribution in [1.29, 1.82) is 0 Å². The number of hydrogen-bond donors (Lipinski definition) is 0. The lowest BCUT2D eigenvalue weighted by atomic mass is 9.97. The molecule has 3 aromatic rings. The lowest BCUT2D eigenvalue weighted by Gasteiger charge is -2.30. The molecule has 0 atom stereocenters. The van der Waals surface area contributed by atoms with Gasteiger partial charge in [-0.25, -0.2) is 4.39 Å². The van der Waals surface area contributed by atoms with Crippen LogP contribution in [0.4, 0.5) is 4.39 Å². The number of piperidine rings is 1. The Morgan fingerprint density at radius 1 is 0.824 bits per heavy atom. The van der Waals surface area contributed by atoms with Gasteiger partial charge in [0.25, 0.3) is 0 Å². The normalized spacial score (nSPS) is 14.2. The van der Waals surface area contributed by atoms with E-state index < -0.39 is 5.82 Å². The largest absolute Gasteiger partial charge is 0.426 e. The fourth-order valence-electron chi connectivity index (χ4n) is 3.81. The zero-order valence-corrected chi connectivity index (χ0v) is 18.5. The third kappa shape index (κ3) is 5.84. The second kappa shape index (κ2) is 10.7. The summed E-state index contributed by atoms with van der Waals surface area (Å²) in [5.41, 5.74) is 1.76. The highest BCUT2D eigenvalue weighted by atomic mass is 19.1. The fourth-order valence-corrected chi connectivity index (χ4v) is 3.81. The van der Waals surface area contributed by atoms with E-state index in [1.807, 2.05) is 30.3 Å². The van der Waals surface area contributed by atoms with E-state index in [9.17, 15) is 18.8 Å². The van der Waals surface area contributed by atoms with Crippen molar-refractivity contribution in [2.45, 2.75) is 12.8 Å². The number of halogens is 1. The van der Waals surface area contributed by atoms with Crippen LogP contribution in [0.3, 0.4) is 0 Å². The van der Waals surface area contributed by atoms with Gasteiger partial charge in [-0.3, -0.25) is 14.4 Å². The van der Waals surface area contributed by atoms with Crippen molar-refractivity contribution in [3.63, 3.8) is 0 Å². The van der Waals surface area contributed by atoms with Gasteiger partial charge in [0.1, 0.15) is 11.6 Å². The minimum absolute atomic E-state index is 0.0721. The SMILES string of the molecule is O=C(c1ccc(F)cc1)c1ccc(OC(=O)C2CCN(C(=O)/C=C/c3ccccc3)CC2)cc1. The smallest absolute Gasteiger partial charge is 0.314 e.